The number of fused-ring (bicyclic) bond motifs is 1. The Bertz CT molecular complexity index is 1120. The summed E-state index contributed by atoms with van der Waals surface area (Å²) >= 11 is 0. The summed E-state index contributed by atoms with van der Waals surface area (Å²) in [7, 11) is 4.06. The summed E-state index contributed by atoms with van der Waals surface area (Å²) < 4.78 is 2.05. The molecule has 7 nitrogen and oxygen atoms in total. The van der Waals surface area contributed by atoms with Crippen molar-refractivity contribution in [3.05, 3.63) is 53.5 Å². The van der Waals surface area contributed by atoms with Crippen LogP contribution in [0, 0.1) is 11.8 Å². The van der Waals surface area contributed by atoms with Gasteiger partial charge in [0.05, 0.1) is 10.9 Å². The molecule has 0 unspecified atom stereocenters. The molecule has 29 heavy (non-hydrogen) atoms. The maximum atomic E-state index is 12.3. The van der Waals surface area contributed by atoms with E-state index in [0.717, 1.165) is 48.1 Å². The Labute approximate surface area is 169 Å². The van der Waals surface area contributed by atoms with Gasteiger partial charge in [-0.3, -0.25) is 4.79 Å². The second kappa shape index (κ2) is 7.94. The largest absolute Gasteiger partial charge is 0.383 e. The van der Waals surface area contributed by atoms with Crippen LogP contribution in [0.5, 0.6) is 0 Å². The van der Waals surface area contributed by atoms with E-state index in [1.165, 1.54) is 6.33 Å². The van der Waals surface area contributed by atoms with Gasteiger partial charge >= 0.3 is 0 Å². The monoisotopic (exact) mass is 388 g/mol. The number of nitrogens with one attached hydrogen (secondary N) is 1. The molecule has 1 amide bonds. The van der Waals surface area contributed by atoms with Crippen molar-refractivity contribution in [3.63, 3.8) is 0 Å². The molecule has 0 radical (unpaired) electrons. The van der Waals surface area contributed by atoms with Crippen LogP contribution < -0.4 is 11.1 Å². The number of nitrogens with two attached hydrogens (primary N) is 1. The minimum absolute atomic E-state index is 0.0471. The van der Waals surface area contributed by atoms with Crippen molar-refractivity contribution in [2.24, 2.45) is 0 Å². The molecule has 1 saturated carbocycles. The van der Waals surface area contributed by atoms with E-state index in [9.17, 15) is 4.79 Å². The Morgan fingerprint density at radius 3 is 2.90 bits per heavy atom. The number of carbonyl (C=O) groups excluding carboxylic acids is 1. The Morgan fingerprint density at radius 2 is 2.14 bits per heavy atom. The highest BCUT2D eigenvalue weighted by atomic mass is 16.1. The van der Waals surface area contributed by atoms with E-state index < -0.39 is 0 Å². The Morgan fingerprint density at radius 1 is 1.31 bits per heavy atom. The highest BCUT2D eigenvalue weighted by Crippen LogP contribution is 2.23. The number of hydrogen-bond acceptors (Lipinski definition) is 5. The number of nitrogen functional groups attached to an aromatic ring is 1. The number of likely N-dealkylation sites (N-methyl/N-ethyl adjacent to an activating group) is 1. The average molecular weight is 388 g/mol. The lowest BCUT2D eigenvalue weighted by atomic mass is 10.1. The van der Waals surface area contributed by atoms with Crippen LogP contribution >= 0.6 is 0 Å². The number of hydrogen-bond donors (Lipinski definition) is 2. The second-order valence-electron chi connectivity index (χ2n) is 7.58. The van der Waals surface area contributed by atoms with Crippen molar-refractivity contribution in [1.82, 2.24) is 24.8 Å². The summed E-state index contributed by atoms with van der Waals surface area (Å²) in [5.74, 6) is 6.72. The zero-order valence-corrected chi connectivity index (χ0v) is 16.6. The molecular formula is C22H24N6O. The predicted molar refractivity (Wildman–Crippen MR) is 113 cm³/mol. The lowest BCUT2D eigenvalue weighted by Crippen LogP contribution is -2.25. The molecule has 2 aromatic heterocycles. The third-order valence-electron chi connectivity index (χ3n) is 4.85. The van der Waals surface area contributed by atoms with Gasteiger partial charge in [0.25, 0.3) is 5.91 Å². The molecule has 0 bridgehead atoms. The van der Waals surface area contributed by atoms with Gasteiger partial charge < -0.3 is 20.5 Å². The van der Waals surface area contributed by atoms with Crippen molar-refractivity contribution in [3.8, 4) is 11.8 Å². The first-order valence-electron chi connectivity index (χ1n) is 9.68. The Hall–Kier alpha value is -3.37. The van der Waals surface area contributed by atoms with E-state index in [-0.39, 0.29) is 5.91 Å². The number of aromatic nitrogens is 3. The number of rotatable bonds is 5. The van der Waals surface area contributed by atoms with Crippen LogP contribution in [0.4, 0.5) is 5.82 Å². The molecule has 4 rings (SSSR count). The molecule has 1 fully saturated rings. The van der Waals surface area contributed by atoms with Gasteiger partial charge in [-0.2, -0.15) is 0 Å². The van der Waals surface area contributed by atoms with Gasteiger partial charge in [0.2, 0.25) is 0 Å². The highest BCUT2D eigenvalue weighted by molar-refractivity contribution is 5.95. The van der Waals surface area contributed by atoms with E-state index in [0.29, 0.717) is 17.4 Å². The Kier molecular flexibility index (Phi) is 5.19. The van der Waals surface area contributed by atoms with Crippen LogP contribution in [-0.2, 0) is 6.54 Å². The minimum Gasteiger partial charge on any atom is -0.383 e. The minimum atomic E-state index is -0.0471. The fourth-order valence-electron chi connectivity index (χ4n) is 3.09. The topological polar surface area (TPSA) is 89.1 Å². The van der Waals surface area contributed by atoms with E-state index in [1.807, 2.05) is 44.6 Å². The van der Waals surface area contributed by atoms with Crippen molar-refractivity contribution in [2.75, 3.05) is 26.4 Å². The summed E-state index contributed by atoms with van der Waals surface area (Å²) in [5.41, 5.74) is 9.08. The summed E-state index contributed by atoms with van der Waals surface area (Å²) in [6, 6.07) is 7.70. The van der Waals surface area contributed by atoms with Crippen molar-refractivity contribution < 1.29 is 4.79 Å². The molecule has 0 saturated heterocycles. The number of amides is 1. The Balaban J connectivity index is 1.65. The molecule has 3 N–H and O–H groups in total. The van der Waals surface area contributed by atoms with Crippen LogP contribution in [0.1, 0.15) is 34.3 Å². The van der Waals surface area contributed by atoms with E-state index >= 15 is 0 Å². The van der Waals surface area contributed by atoms with Gasteiger partial charge in [-0.15, -0.1) is 0 Å². The molecule has 148 valence electrons. The molecule has 1 aliphatic rings. The molecule has 3 aromatic rings. The van der Waals surface area contributed by atoms with E-state index in [2.05, 4.69) is 36.6 Å². The maximum Gasteiger partial charge on any atom is 0.251 e. The fourth-order valence-corrected chi connectivity index (χ4v) is 3.09. The summed E-state index contributed by atoms with van der Waals surface area (Å²) in [5, 5.41) is 3.77. The smallest absolute Gasteiger partial charge is 0.251 e. The zero-order chi connectivity index (χ0) is 20.4. The molecule has 2 heterocycles. The van der Waals surface area contributed by atoms with Crippen molar-refractivity contribution >= 4 is 22.8 Å². The summed E-state index contributed by atoms with van der Waals surface area (Å²) in [6.07, 6.45) is 5.57. The second-order valence-corrected chi connectivity index (χ2v) is 7.58. The normalized spacial score (nSPS) is 13.3. The maximum absolute atomic E-state index is 12.3. The first-order chi connectivity index (χ1) is 14.0. The van der Waals surface area contributed by atoms with Crippen molar-refractivity contribution in [1.29, 1.82) is 0 Å². The predicted octanol–water partition coefficient (Wildman–Crippen LogP) is 1.87. The average Bonchev–Trinajstić information content (AvgIpc) is 3.44. The lowest BCUT2D eigenvalue weighted by molar-refractivity contribution is 0.0951. The van der Waals surface area contributed by atoms with Gasteiger partial charge in [-0.25, -0.2) is 9.97 Å². The molecule has 1 aliphatic carbocycles. The van der Waals surface area contributed by atoms with Gasteiger partial charge in [-0.1, -0.05) is 17.9 Å². The first kappa shape index (κ1) is 19.0. The summed E-state index contributed by atoms with van der Waals surface area (Å²) in [6.45, 7) is 1.65. The number of carbonyl (C=O) groups is 1. The molecule has 0 atom stereocenters. The molecule has 1 aromatic carbocycles. The van der Waals surface area contributed by atoms with Gasteiger partial charge in [-0.05, 0) is 45.1 Å². The third kappa shape index (κ3) is 4.39. The SMILES string of the molecule is CN(C)CCn1cc(C#Cc2cccc(C(=O)NC3CC3)c2)c2c(N)ncnc21. The van der Waals surface area contributed by atoms with Crippen LogP contribution in [0.3, 0.4) is 0 Å². The third-order valence-corrected chi connectivity index (χ3v) is 4.85. The molecule has 0 spiro atoms. The van der Waals surface area contributed by atoms with Crippen LogP contribution in [-0.4, -0.2) is 52.0 Å². The number of benzene rings is 1. The molecule has 0 aliphatic heterocycles. The van der Waals surface area contributed by atoms with Crippen LogP contribution in [0.15, 0.2) is 36.8 Å². The van der Waals surface area contributed by atoms with E-state index in [1.54, 1.807) is 0 Å². The highest BCUT2D eigenvalue weighted by Gasteiger charge is 2.23. The van der Waals surface area contributed by atoms with Gasteiger partial charge in [0, 0.05) is 36.5 Å². The van der Waals surface area contributed by atoms with Crippen LogP contribution in [0.25, 0.3) is 11.0 Å². The van der Waals surface area contributed by atoms with Crippen molar-refractivity contribution in [2.45, 2.75) is 25.4 Å². The standard InChI is InChI=1S/C22H24N6O/c1-27(2)10-11-28-13-17(19-20(23)24-14-25-21(19)28)7-6-15-4-3-5-16(12-15)22(29)26-18-8-9-18/h3-5,12-14,18H,8-11H2,1-2H3,(H,26,29)(H2,23,24,25). The molecular weight excluding hydrogens is 364 g/mol. The lowest BCUT2D eigenvalue weighted by Gasteiger charge is -2.10. The quantitative estimate of drug-likeness (QED) is 0.652. The fraction of sp³-hybridized carbons (Fsp3) is 0.318. The molecule has 7 heteroatoms. The van der Waals surface area contributed by atoms with Gasteiger partial charge in [0.15, 0.2) is 0 Å². The summed E-state index contributed by atoms with van der Waals surface area (Å²) in [4.78, 5) is 22.9. The van der Waals surface area contributed by atoms with E-state index in [4.69, 9.17) is 5.73 Å². The first-order valence-corrected chi connectivity index (χ1v) is 9.68. The number of nitrogens with zero attached hydrogens (tertiary/aromatic N) is 4. The zero-order valence-electron chi connectivity index (χ0n) is 16.6. The van der Waals surface area contributed by atoms with Gasteiger partial charge in [0.1, 0.15) is 17.8 Å². The number of anilines is 1. The van der Waals surface area contributed by atoms with Crippen LogP contribution in [0.2, 0.25) is 0 Å².